The van der Waals surface area contributed by atoms with Crippen molar-refractivity contribution in [1.29, 1.82) is 0 Å². The van der Waals surface area contributed by atoms with Crippen molar-refractivity contribution in [3.63, 3.8) is 0 Å². The fourth-order valence-corrected chi connectivity index (χ4v) is 4.90. The molecule has 1 atom stereocenters. The first-order chi connectivity index (χ1) is 13.0. The predicted octanol–water partition coefficient (Wildman–Crippen LogP) is 7.07. The summed E-state index contributed by atoms with van der Waals surface area (Å²) in [6.45, 7) is 6.52. The van der Waals surface area contributed by atoms with E-state index in [0.717, 1.165) is 30.7 Å². The van der Waals surface area contributed by atoms with Gasteiger partial charge >= 0.3 is 0 Å². The fourth-order valence-electron chi connectivity index (χ4n) is 3.65. The minimum absolute atomic E-state index is 0.219. The van der Waals surface area contributed by atoms with Crippen LogP contribution in [0.5, 0.6) is 0 Å². The summed E-state index contributed by atoms with van der Waals surface area (Å²) >= 11 is 0. The minimum atomic E-state index is -3.23. The van der Waals surface area contributed by atoms with Crippen molar-refractivity contribution in [2.75, 3.05) is 10.5 Å². The summed E-state index contributed by atoms with van der Waals surface area (Å²) in [4.78, 5) is 0. The molecular weight excluding hydrogens is 354 g/mol. The molecule has 27 heavy (non-hydrogen) atoms. The van der Waals surface area contributed by atoms with Gasteiger partial charge in [-0.1, -0.05) is 103 Å². The number of nitrogens with one attached hydrogen (secondary N) is 1. The van der Waals surface area contributed by atoms with Crippen LogP contribution in [0, 0.1) is 12.8 Å². The molecule has 0 spiro atoms. The fraction of sp³-hybridized carbons (Fsp3) is 0.739. The minimum Gasteiger partial charge on any atom is -0.283 e. The number of sulfonamides is 1. The van der Waals surface area contributed by atoms with E-state index in [-0.39, 0.29) is 5.75 Å². The van der Waals surface area contributed by atoms with Crippen molar-refractivity contribution < 1.29 is 8.42 Å². The van der Waals surface area contributed by atoms with Crippen molar-refractivity contribution >= 4 is 15.7 Å². The Morgan fingerprint density at radius 1 is 0.852 bits per heavy atom. The summed E-state index contributed by atoms with van der Waals surface area (Å²) in [7, 11) is -3.23. The lowest BCUT2D eigenvalue weighted by Crippen LogP contribution is -2.17. The van der Waals surface area contributed by atoms with Gasteiger partial charge in [-0.2, -0.15) is 0 Å². The highest BCUT2D eigenvalue weighted by Crippen LogP contribution is 2.20. The molecule has 3 nitrogen and oxygen atoms in total. The van der Waals surface area contributed by atoms with E-state index in [4.69, 9.17) is 0 Å². The van der Waals surface area contributed by atoms with Crippen LogP contribution in [0.15, 0.2) is 24.3 Å². The normalized spacial score (nSPS) is 12.9. The summed E-state index contributed by atoms with van der Waals surface area (Å²) < 4.78 is 27.1. The lowest BCUT2D eigenvalue weighted by molar-refractivity contribution is 0.408. The SMILES string of the molecule is CCCC(CC)CCCCCCCCCCS(=O)(=O)Nc1ccccc1C. The summed E-state index contributed by atoms with van der Waals surface area (Å²) in [6, 6.07) is 7.51. The standard InChI is InChI=1S/C23H41NO2S/c1-4-16-22(5-2)18-12-10-8-6-7-9-11-15-20-27(25,26)24-23-19-14-13-17-21(23)3/h13-14,17,19,22,24H,4-12,15-16,18,20H2,1-3H3. The van der Waals surface area contributed by atoms with Crippen molar-refractivity contribution in [3.05, 3.63) is 29.8 Å². The predicted molar refractivity (Wildman–Crippen MR) is 119 cm³/mol. The van der Waals surface area contributed by atoms with Crippen LogP contribution < -0.4 is 4.72 Å². The monoisotopic (exact) mass is 395 g/mol. The molecular formula is C23H41NO2S. The Bertz CT molecular complexity index is 598. The van der Waals surface area contributed by atoms with Gasteiger partial charge in [0.15, 0.2) is 0 Å². The van der Waals surface area contributed by atoms with E-state index in [0.29, 0.717) is 5.69 Å². The van der Waals surface area contributed by atoms with Crippen LogP contribution in [-0.2, 0) is 10.0 Å². The number of benzene rings is 1. The van der Waals surface area contributed by atoms with E-state index in [1.54, 1.807) is 0 Å². The Balaban J connectivity index is 2.03. The van der Waals surface area contributed by atoms with Gasteiger partial charge in [0.1, 0.15) is 0 Å². The molecule has 0 heterocycles. The molecule has 0 aliphatic rings. The van der Waals surface area contributed by atoms with Crippen LogP contribution in [0.2, 0.25) is 0 Å². The molecule has 1 N–H and O–H groups in total. The highest BCUT2D eigenvalue weighted by atomic mass is 32.2. The first kappa shape index (κ1) is 24.0. The molecule has 0 radical (unpaired) electrons. The van der Waals surface area contributed by atoms with Gasteiger partial charge in [0.05, 0.1) is 11.4 Å². The van der Waals surface area contributed by atoms with E-state index in [2.05, 4.69) is 18.6 Å². The highest BCUT2D eigenvalue weighted by Gasteiger charge is 2.11. The summed E-state index contributed by atoms with van der Waals surface area (Å²) in [5, 5.41) is 0. The Hall–Kier alpha value is -1.03. The number of hydrogen-bond acceptors (Lipinski definition) is 2. The molecule has 0 aliphatic heterocycles. The van der Waals surface area contributed by atoms with Crippen LogP contribution in [0.25, 0.3) is 0 Å². The molecule has 0 saturated carbocycles. The van der Waals surface area contributed by atoms with Gasteiger partial charge in [-0.25, -0.2) is 8.42 Å². The number of aryl methyl sites for hydroxylation is 1. The van der Waals surface area contributed by atoms with Crippen LogP contribution in [0.1, 0.15) is 96.5 Å². The maximum Gasteiger partial charge on any atom is 0.232 e. The van der Waals surface area contributed by atoms with Crippen molar-refractivity contribution in [2.24, 2.45) is 5.92 Å². The van der Waals surface area contributed by atoms with Crippen LogP contribution in [0.4, 0.5) is 5.69 Å². The van der Waals surface area contributed by atoms with E-state index in [1.165, 1.54) is 57.8 Å². The molecule has 0 aliphatic carbocycles. The first-order valence-electron chi connectivity index (χ1n) is 11.0. The molecule has 4 heteroatoms. The zero-order chi connectivity index (χ0) is 20.0. The van der Waals surface area contributed by atoms with Gasteiger partial charge in [-0.3, -0.25) is 4.72 Å². The van der Waals surface area contributed by atoms with E-state index < -0.39 is 10.0 Å². The zero-order valence-electron chi connectivity index (χ0n) is 17.8. The van der Waals surface area contributed by atoms with Gasteiger partial charge < -0.3 is 0 Å². The molecule has 1 aromatic rings. The largest absolute Gasteiger partial charge is 0.283 e. The summed E-state index contributed by atoms with van der Waals surface area (Å²) in [5.74, 6) is 1.15. The average molecular weight is 396 g/mol. The second-order valence-corrected chi connectivity index (χ2v) is 9.76. The smallest absolute Gasteiger partial charge is 0.232 e. The van der Waals surface area contributed by atoms with Gasteiger partial charge in [0, 0.05) is 0 Å². The van der Waals surface area contributed by atoms with Gasteiger partial charge in [0.2, 0.25) is 10.0 Å². The Labute approximate surface area is 168 Å². The maximum absolute atomic E-state index is 12.2. The Morgan fingerprint density at radius 2 is 1.44 bits per heavy atom. The van der Waals surface area contributed by atoms with E-state index in [9.17, 15) is 8.42 Å². The number of anilines is 1. The lowest BCUT2D eigenvalue weighted by Gasteiger charge is -2.13. The van der Waals surface area contributed by atoms with Gasteiger partial charge in [-0.05, 0) is 30.9 Å². The summed E-state index contributed by atoms with van der Waals surface area (Å²) in [5.41, 5.74) is 1.66. The van der Waals surface area contributed by atoms with Crippen LogP contribution in [0.3, 0.4) is 0 Å². The van der Waals surface area contributed by atoms with Crippen molar-refractivity contribution in [1.82, 2.24) is 0 Å². The topological polar surface area (TPSA) is 46.2 Å². The third kappa shape index (κ3) is 11.4. The second-order valence-electron chi connectivity index (χ2n) is 7.92. The Kier molecular flexibility index (Phi) is 12.5. The lowest BCUT2D eigenvalue weighted by atomic mass is 9.94. The molecule has 1 unspecified atom stereocenters. The Morgan fingerprint density at radius 3 is 2.04 bits per heavy atom. The van der Waals surface area contributed by atoms with Crippen LogP contribution >= 0.6 is 0 Å². The molecule has 0 fully saturated rings. The second kappa shape index (κ2) is 14.0. The molecule has 1 aromatic carbocycles. The molecule has 0 aromatic heterocycles. The molecule has 0 amide bonds. The molecule has 1 rings (SSSR count). The number of hydrogen-bond donors (Lipinski definition) is 1. The first-order valence-corrected chi connectivity index (χ1v) is 12.7. The third-order valence-corrected chi connectivity index (χ3v) is 6.82. The number of para-hydroxylation sites is 1. The molecule has 0 saturated heterocycles. The molecule has 0 bridgehead atoms. The van der Waals surface area contributed by atoms with Crippen molar-refractivity contribution in [2.45, 2.75) is 97.8 Å². The quantitative estimate of drug-likeness (QED) is 0.304. The third-order valence-electron chi connectivity index (χ3n) is 5.46. The highest BCUT2D eigenvalue weighted by molar-refractivity contribution is 7.92. The molecule has 156 valence electrons. The van der Waals surface area contributed by atoms with Crippen LogP contribution in [-0.4, -0.2) is 14.2 Å². The van der Waals surface area contributed by atoms with Crippen molar-refractivity contribution in [3.8, 4) is 0 Å². The number of unbranched alkanes of at least 4 members (excludes halogenated alkanes) is 7. The van der Waals surface area contributed by atoms with Gasteiger partial charge in [-0.15, -0.1) is 0 Å². The summed E-state index contributed by atoms with van der Waals surface area (Å²) in [6.07, 6.45) is 14.9. The average Bonchev–Trinajstić information content (AvgIpc) is 2.64. The van der Waals surface area contributed by atoms with E-state index in [1.807, 2.05) is 31.2 Å². The number of rotatable bonds is 16. The maximum atomic E-state index is 12.2. The van der Waals surface area contributed by atoms with Gasteiger partial charge in [0.25, 0.3) is 0 Å². The zero-order valence-corrected chi connectivity index (χ0v) is 18.6. The van der Waals surface area contributed by atoms with E-state index >= 15 is 0 Å².